The fourth-order valence-electron chi connectivity index (χ4n) is 1.66. The van der Waals surface area contributed by atoms with Crippen molar-refractivity contribution in [3.63, 3.8) is 0 Å². The van der Waals surface area contributed by atoms with Crippen LogP contribution in [-0.4, -0.2) is 19.6 Å². The van der Waals surface area contributed by atoms with Crippen LogP contribution in [0.1, 0.15) is 5.69 Å². The highest BCUT2D eigenvalue weighted by Gasteiger charge is 2.13. The lowest BCUT2D eigenvalue weighted by atomic mass is 10.3. The largest absolute Gasteiger partial charge is 0.397 e. The first-order chi connectivity index (χ1) is 8.15. The van der Waals surface area contributed by atoms with E-state index >= 15 is 0 Å². The van der Waals surface area contributed by atoms with Gasteiger partial charge in [-0.05, 0) is 30.6 Å². The fourth-order valence-corrected chi connectivity index (χ4v) is 2.74. The molecule has 0 bridgehead atoms. The van der Waals surface area contributed by atoms with E-state index in [0.29, 0.717) is 5.69 Å². The lowest BCUT2D eigenvalue weighted by Gasteiger charge is -1.94. The number of fused-ring (bicyclic) bond motifs is 1. The van der Waals surface area contributed by atoms with E-state index in [1.807, 2.05) is 19.1 Å². The van der Waals surface area contributed by atoms with Gasteiger partial charge in [0.25, 0.3) is 0 Å². The van der Waals surface area contributed by atoms with Crippen LogP contribution in [0.3, 0.4) is 0 Å². The minimum absolute atomic E-state index is 0.645. The minimum Gasteiger partial charge on any atom is -0.397 e. The van der Waals surface area contributed by atoms with Crippen LogP contribution in [0, 0.1) is 6.92 Å². The summed E-state index contributed by atoms with van der Waals surface area (Å²) < 4.78 is 4.83. The number of aromatic amines is 1. The molecule has 2 heterocycles. The molecular formula is C10H8BrN5S. The Morgan fingerprint density at radius 1 is 1.41 bits per heavy atom. The number of aryl methyl sites for hydroxylation is 1. The van der Waals surface area contributed by atoms with Gasteiger partial charge in [0.15, 0.2) is 5.82 Å². The normalized spacial score (nSPS) is 11.2. The summed E-state index contributed by atoms with van der Waals surface area (Å²) in [5.41, 5.74) is 9.11. The quantitative estimate of drug-likeness (QED) is 0.677. The maximum absolute atomic E-state index is 5.92. The zero-order chi connectivity index (χ0) is 12.0. The van der Waals surface area contributed by atoms with E-state index in [1.165, 1.54) is 11.5 Å². The molecule has 17 heavy (non-hydrogen) atoms. The van der Waals surface area contributed by atoms with E-state index in [4.69, 9.17) is 5.73 Å². The summed E-state index contributed by atoms with van der Waals surface area (Å²) >= 11 is 4.73. The van der Waals surface area contributed by atoms with E-state index in [-0.39, 0.29) is 0 Å². The van der Waals surface area contributed by atoms with Crippen LogP contribution < -0.4 is 5.73 Å². The summed E-state index contributed by atoms with van der Waals surface area (Å²) in [6, 6.07) is 3.79. The van der Waals surface area contributed by atoms with Crippen LogP contribution in [0.5, 0.6) is 0 Å². The number of nitrogens with two attached hydrogens (primary N) is 1. The Balaban J connectivity index is 2.27. The first kappa shape index (κ1) is 10.7. The van der Waals surface area contributed by atoms with Crippen molar-refractivity contribution < 1.29 is 0 Å². The molecule has 0 amide bonds. The molecule has 0 radical (unpaired) electrons. The van der Waals surface area contributed by atoms with Crippen LogP contribution in [0.2, 0.25) is 0 Å². The molecule has 2 aromatic heterocycles. The van der Waals surface area contributed by atoms with E-state index < -0.39 is 0 Å². The third-order valence-corrected chi connectivity index (χ3v) is 3.74. The zero-order valence-corrected chi connectivity index (χ0v) is 11.3. The monoisotopic (exact) mass is 309 g/mol. The molecule has 0 fully saturated rings. The molecule has 0 atom stereocenters. The van der Waals surface area contributed by atoms with Crippen LogP contribution in [-0.2, 0) is 0 Å². The van der Waals surface area contributed by atoms with Gasteiger partial charge >= 0.3 is 0 Å². The Labute approximate surface area is 109 Å². The number of hydrogen-bond acceptors (Lipinski definition) is 5. The summed E-state index contributed by atoms with van der Waals surface area (Å²) in [5.74, 6) is 0.761. The highest BCUT2D eigenvalue weighted by Crippen LogP contribution is 2.29. The van der Waals surface area contributed by atoms with Gasteiger partial charge in [0.05, 0.1) is 16.9 Å². The van der Waals surface area contributed by atoms with Gasteiger partial charge < -0.3 is 10.7 Å². The molecule has 0 aliphatic heterocycles. The Bertz CT molecular complexity index is 702. The van der Waals surface area contributed by atoms with Crippen LogP contribution in [0.15, 0.2) is 16.6 Å². The van der Waals surface area contributed by atoms with Crippen molar-refractivity contribution >= 4 is 44.2 Å². The molecule has 0 aliphatic carbocycles. The summed E-state index contributed by atoms with van der Waals surface area (Å²) in [6.07, 6.45) is 0. The number of halogens is 1. The van der Waals surface area contributed by atoms with Gasteiger partial charge in [-0.2, -0.15) is 0 Å². The molecule has 0 saturated carbocycles. The molecule has 3 aromatic rings. The maximum atomic E-state index is 5.92. The number of aromatic nitrogens is 4. The fraction of sp³-hybridized carbons (Fsp3) is 0.100. The molecule has 1 aromatic carbocycles. The lowest BCUT2D eigenvalue weighted by Crippen LogP contribution is -1.86. The maximum Gasteiger partial charge on any atom is 0.152 e. The molecular weight excluding hydrogens is 302 g/mol. The molecule has 5 nitrogen and oxygen atoms in total. The average Bonchev–Trinajstić information content (AvgIpc) is 2.83. The summed E-state index contributed by atoms with van der Waals surface area (Å²) in [5, 5.41) is 3.97. The molecule has 0 saturated heterocycles. The standard InChI is InChI=1S/C10H8BrN5S/c1-4-9(17-16-15-4)10-13-7-3-5(11)2-6(12)8(7)14-10/h2-3H,12H2,1H3,(H,13,14). The van der Waals surface area contributed by atoms with E-state index in [1.54, 1.807) is 0 Å². The topological polar surface area (TPSA) is 80.5 Å². The molecule has 3 rings (SSSR count). The van der Waals surface area contributed by atoms with Gasteiger partial charge in [0.1, 0.15) is 10.4 Å². The van der Waals surface area contributed by atoms with Crippen molar-refractivity contribution in [2.24, 2.45) is 0 Å². The number of rotatable bonds is 1. The molecule has 3 N–H and O–H groups in total. The molecule has 0 aliphatic rings. The van der Waals surface area contributed by atoms with Crippen molar-refractivity contribution in [1.29, 1.82) is 0 Å². The van der Waals surface area contributed by atoms with Gasteiger partial charge in [-0.3, -0.25) is 0 Å². The molecule has 0 spiro atoms. The van der Waals surface area contributed by atoms with E-state index in [9.17, 15) is 0 Å². The SMILES string of the molecule is Cc1nnsc1-c1nc2c(N)cc(Br)cc2[nH]1. The van der Waals surface area contributed by atoms with Crippen molar-refractivity contribution in [3.05, 3.63) is 22.3 Å². The molecule has 86 valence electrons. The predicted octanol–water partition coefficient (Wildman–Crippen LogP) is 2.73. The van der Waals surface area contributed by atoms with Crippen LogP contribution in [0.25, 0.3) is 21.7 Å². The van der Waals surface area contributed by atoms with Gasteiger partial charge in [0, 0.05) is 4.47 Å². The Morgan fingerprint density at radius 2 is 2.24 bits per heavy atom. The second kappa shape index (κ2) is 3.78. The van der Waals surface area contributed by atoms with Gasteiger partial charge in [-0.1, -0.05) is 20.4 Å². The smallest absolute Gasteiger partial charge is 0.152 e. The van der Waals surface area contributed by atoms with Crippen molar-refractivity contribution in [2.45, 2.75) is 6.92 Å². The lowest BCUT2D eigenvalue weighted by molar-refractivity contribution is 1.09. The summed E-state index contributed by atoms with van der Waals surface area (Å²) in [7, 11) is 0. The van der Waals surface area contributed by atoms with Gasteiger partial charge in [0.2, 0.25) is 0 Å². The van der Waals surface area contributed by atoms with Gasteiger partial charge in [-0.25, -0.2) is 4.98 Å². The first-order valence-electron chi connectivity index (χ1n) is 4.89. The predicted molar refractivity (Wildman–Crippen MR) is 71.8 cm³/mol. The third kappa shape index (κ3) is 1.71. The number of benzene rings is 1. The second-order valence-corrected chi connectivity index (χ2v) is 5.33. The third-order valence-electron chi connectivity index (χ3n) is 2.45. The Kier molecular flexibility index (Phi) is 2.37. The van der Waals surface area contributed by atoms with Crippen molar-refractivity contribution in [1.82, 2.24) is 19.6 Å². The zero-order valence-electron chi connectivity index (χ0n) is 8.86. The Hall–Kier alpha value is -1.47. The number of nitrogens with zero attached hydrogens (tertiary/aromatic N) is 3. The number of H-pyrrole nitrogens is 1. The van der Waals surface area contributed by atoms with Crippen LogP contribution in [0.4, 0.5) is 5.69 Å². The number of anilines is 1. The van der Waals surface area contributed by atoms with E-state index in [0.717, 1.165) is 31.9 Å². The van der Waals surface area contributed by atoms with Crippen LogP contribution >= 0.6 is 27.5 Å². The van der Waals surface area contributed by atoms with Crippen molar-refractivity contribution in [2.75, 3.05) is 5.73 Å². The average molecular weight is 310 g/mol. The highest BCUT2D eigenvalue weighted by atomic mass is 79.9. The Morgan fingerprint density at radius 3 is 2.94 bits per heavy atom. The number of nitrogen functional groups attached to an aromatic ring is 1. The minimum atomic E-state index is 0.645. The van der Waals surface area contributed by atoms with Gasteiger partial charge in [-0.15, -0.1) is 5.10 Å². The van der Waals surface area contributed by atoms with Crippen molar-refractivity contribution in [3.8, 4) is 10.7 Å². The summed E-state index contributed by atoms with van der Waals surface area (Å²) in [4.78, 5) is 8.66. The first-order valence-corrected chi connectivity index (χ1v) is 6.46. The number of nitrogens with one attached hydrogen (secondary N) is 1. The molecule has 0 unspecified atom stereocenters. The van der Waals surface area contributed by atoms with E-state index in [2.05, 4.69) is 35.5 Å². The highest BCUT2D eigenvalue weighted by molar-refractivity contribution is 9.10. The molecule has 7 heteroatoms. The number of hydrogen-bond donors (Lipinski definition) is 2. The second-order valence-electron chi connectivity index (χ2n) is 3.66. The summed E-state index contributed by atoms with van der Waals surface area (Å²) in [6.45, 7) is 1.91. The number of imidazole rings is 1.